The summed E-state index contributed by atoms with van der Waals surface area (Å²) in [6, 6.07) is 0. The smallest absolute Gasteiger partial charge is 0.284 e. The van der Waals surface area contributed by atoms with Crippen LogP contribution in [0.15, 0.2) is 4.42 Å². The van der Waals surface area contributed by atoms with Gasteiger partial charge in [0.1, 0.15) is 0 Å². The normalized spacial score (nSPS) is 48.1. The molecule has 14 heavy (non-hydrogen) atoms. The lowest BCUT2D eigenvalue weighted by Gasteiger charge is -2.04. The van der Waals surface area contributed by atoms with Crippen LogP contribution in [0.3, 0.4) is 0 Å². The first kappa shape index (κ1) is 7.63. The SMILES string of the molecule is S=c1[nH]nc(C2C3C4CCC(C4)C23)o1. The summed E-state index contributed by atoms with van der Waals surface area (Å²) in [5.41, 5.74) is 0. The van der Waals surface area contributed by atoms with Crippen molar-refractivity contribution in [2.75, 3.05) is 0 Å². The van der Waals surface area contributed by atoms with Crippen LogP contribution in [0.4, 0.5) is 0 Å². The molecule has 0 amide bonds. The second kappa shape index (κ2) is 2.30. The molecule has 2 bridgehead atoms. The van der Waals surface area contributed by atoms with E-state index in [4.69, 9.17) is 16.6 Å². The largest absolute Gasteiger partial charge is 0.414 e. The Hall–Kier alpha value is -0.640. The van der Waals surface area contributed by atoms with Gasteiger partial charge in [0.15, 0.2) is 0 Å². The Kier molecular flexibility index (Phi) is 1.25. The molecule has 0 radical (unpaired) electrons. The van der Waals surface area contributed by atoms with E-state index in [-0.39, 0.29) is 0 Å². The molecule has 3 fully saturated rings. The molecule has 3 saturated carbocycles. The molecule has 4 rings (SSSR count). The molecule has 4 unspecified atom stereocenters. The standard InChI is InChI=1S/C10H12N2OS/c14-10-12-11-9(13-10)8-6-4-1-2-5(3-4)7(6)8/h4-8H,1-3H2,(H,12,14). The second-order valence-electron chi connectivity index (χ2n) is 4.97. The molecule has 0 aliphatic heterocycles. The Morgan fingerprint density at radius 3 is 2.57 bits per heavy atom. The summed E-state index contributed by atoms with van der Waals surface area (Å²) in [4.78, 5) is 0.428. The first-order valence-corrected chi connectivity index (χ1v) is 5.81. The van der Waals surface area contributed by atoms with Crippen molar-refractivity contribution in [1.29, 1.82) is 0 Å². The van der Waals surface area contributed by atoms with Crippen LogP contribution in [0.25, 0.3) is 0 Å². The summed E-state index contributed by atoms with van der Waals surface area (Å²) in [6.07, 6.45) is 4.35. The van der Waals surface area contributed by atoms with Gasteiger partial charge in [-0.2, -0.15) is 0 Å². The van der Waals surface area contributed by atoms with E-state index in [1.807, 2.05) is 0 Å². The molecule has 4 heteroatoms. The first-order chi connectivity index (χ1) is 6.84. The molecule has 3 aliphatic rings. The second-order valence-corrected chi connectivity index (χ2v) is 5.34. The van der Waals surface area contributed by atoms with Crippen molar-refractivity contribution >= 4 is 12.2 Å². The van der Waals surface area contributed by atoms with E-state index in [1.165, 1.54) is 19.3 Å². The maximum absolute atomic E-state index is 5.42. The highest BCUT2D eigenvalue weighted by Gasteiger charge is 2.67. The molecule has 1 heterocycles. The average molecular weight is 208 g/mol. The van der Waals surface area contributed by atoms with Gasteiger partial charge < -0.3 is 4.42 Å². The summed E-state index contributed by atoms with van der Waals surface area (Å²) in [6.45, 7) is 0. The fourth-order valence-corrected chi connectivity index (χ4v) is 4.17. The molecular formula is C10H12N2OS. The molecule has 3 aliphatic carbocycles. The van der Waals surface area contributed by atoms with E-state index in [1.54, 1.807) is 0 Å². The van der Waals surface area contributed by atoms with Gasteiger partial charge in [0.05, 0.1) is 0 Å². The summed E-state index contributed by atoms with van der Waals surface area (Å²) < 4.78 is 5.42. The van der Waals surface area contributed by atoms with Crippen LogP contribution in [0.5, 0.6) is 0 Å². The Bertz CT molecular complexity index is 421. The summed E-state index contributed by atoms with van der Waals surface area (Å²) >= 11 is 4.90. The van der Waals surface area contributed by atoms with Crippen LogP contribution in [-0.2, 0) is 0 Å². The molecule has 0 spiro atoms. The molecule has 1 aromatic heterocycles. The van der Waals surface area contributed by atoms with E-state index < -0.39 is 0 Å². The van der Waals surface area contributed by atoms with E-state index in [9.17, 15) is 0 Å². The van der Waals surface area contributed by atoms with Gasteiger partial charge in [-0.25, -0.2) is 5.10 Å². The number of rotatable bonds is 1. The lowest BCUT2D eigenvalue weighted by Crippen LogP contribution is -1.97. The van der Waals surface area contributed by atoms with Crippen LogP contribution in [0.2, 0.25) is 0 Å². The molecular weight excluding hydrogens is 196 g/mol. The quantitative estimate of drug-likeness (QED) is 0.721. The summed E-state index contributed by atoms with van der Waals surface area (Å²) in [7, 11) is 0. The molecule has 74 valence electrons. The highest BCUT2D eigenvalue weighted by Crippen LogP contribution is 2.72. The van der Waals surface area contributed by atoms with Crippen molar-refractivity contribution in [2.24, 2.45) is 23.7 Å². The van der Waals surface area contributed by atoms with Gasteiger partial charge in [-0.15, -0.1) is 5.10 Å². The zero-order valence-electron chi connectivity index (χ0n) is 7.77. The lowest BCUT2D eigenvalue weighted by molar-refractivity contribution is 0.426. The van der Waals surface area contributed by atoms with E-state index in [0.717, 1.165) is 29.6 Å². The van der Waals surface area contributed by atoms with E-state index in [0.29, 0.717) is 10.8 Å². The molecule has 0 aromatic carbocycles. The maximum Gasteiger partial charge on any atom is 0.284 e. The van der Waals surface area contributed by atoms with Crippen molar-refractivity contribution in [2.45, 2.75) is 25.2 Å². The number of aromatic nitrogens is 2. The predicted molar refractivity (Wildman–Crippen MR) is 52.2 cm³/mol. The van der Waals surface area contributed by atoms with Crippen molar-refractivity contribution < 1.29 is 4.42 Å². The summed E-state index contributed by atoms with van der Waals surface area (Å²) in [5, 5.41) is 6.89. The molecule has 1 aromatic rings. The zero-order chi connectivity index (χ0) is 9.28. The highest BCUT2D eigenvalue weighted by molar-refractivity contribution is 7.71. The van der Waals surface area contributed by atoms with Crippen LogP contribution in [0.1, 0.15) is 31.1 Å². The molecule has 4 atom stereocenters. The van der Waals surface area contributed by atoms with E-state index >= 15 is 0 Å². The molecule has 0 saturated heterocycles. The number of hydrogen-bond donors (Lipinski definition) is 1. The Morgan fingerprint density at radius 2 is 2.00 bits per heavy atom. The highest BCUT2D eigenvalue weighted by atomic mass is 32.1. The number of hydrogen-bond acceptors (Lipinski definition) is 3. The van der Waals surface area contributed by atoms with Crippen molar-refractivity contribution in [3.63, 3.8) is 0 Å². The average Bonchev–Trinajstić information content (AvgIpc) is 2.58. The minimum Gasteiger partial charge on any atom is -0.414 e. The zero-order valence-corrected chi connectivity index (χ0v) is 8.59. The monoisotopic (exact) mass is 208 g/mol. The molecule has 3 nitrogen and oxygen atoms in total. The fraction of sp³-hybridized carbons (Fsp3) is 0.800. The minimum atomic E-state index is 0.428. The Balaban J connectivity index is 1.69. The van der Waals surface area contributed by atoms with Crippen LogP contribution >= 0.6 is 12.2 Å². The first-order valence-electron chi connectivity index (χ1n) is 5.40. The Morgan fingerprint density at radius 1 is 1.29 bits per heavy atom. The van der Waals surface area contributed by atoms with Gasteiger partial charge in [-0.05, 0) is 55.2 Å². The Labute approximate surface area is 86.9 Å². The fourth-order valence-electron chi connectivity index (χ4n) is 4.04. The third-order valence-corrected chi connectivity index (χ3v) is 4.65. The van der Waals surface area contributed by atoms with Crippen LogP contribution in [0, 0.1) is 28.5 Å². The van der Waals surface area contributed by atoms with Crippen molar-refractivity contribution in [3.05, 3.63) is 10.7 Å². The number of fused-ring (bicyclic) bond motifs is 5. The van der Waals surface area contributed by atoms with Gasteiger partial charge in [0.25, 0.3) is 4.84 Å². The van der Waals surface area contributed by atoms with Crippen LogP contribution in [-0.4, -0.2) is 10.2 Å². The number of H-pyrrole nitrogens is 1. The number of nitrogens with zero attached hydrogens (tertiary/aromatic N) is 1. The van der Waals surface area contributed by atoms with Gasteiger partial charge in [0.2, 0.25) is 5.89 Å². The van der Waals surface area contributed by atoms with Gasteiger partial charge in [-0.1, -0.05) is 0 Å². The van der Waals surface area contributed by atoms with Gasteiger partial charge >= 0.3 is 0 Å². The molecule has 1 N–H and O–H groups in total. The van der Waals surface area contributed by atoms with Gasteiger partial charge in [-0.3, -0.25) is 0 Å². The number of aromatic amines is 1. The minimum absolute atomic E-state index is 0.428. The van der Waals surface area contributed by atoms with Gasteiger partial charge in [0, 0.05) is 5.92 Å². The third kappa shape index (κ3) is 0.787. The summed E-state index contributed by atoms with van der Waals surface area (Å²) in [5.74, 6) is 5.19. The van der Waals surface area contributed by atoms with Crippen LogP contribution < -0.4 is 0 Å². The maximum atomic E-state index is 5.42. The number of nitrogens with one attached hydrogen (secondary N) is 1. The lowest BCUT2D eigenvalue weighted by atomic mass is 10.0. The van der Waals surface area contributed by atoms with E-state index in [2.05, 4.69) is 10.2 Å². The predicted octanol–water partition coefficient (Wildman–Crippen LogP) is 2.49. The van der Waals surface area contributed by atoms with Crippen molar-refractivity contribution in [3.8, 4) is 0 Å². The topological polar surface area (TPSA) is 41.8 Å². The third-order valence-electron chi connectivity index (χ3n) is 4.48. The van der Waals surface area contributed by atoms with Crippen molar-refractivity contribution in [1.82, 2.24) is 10.2 Å².